The van der Waals surface area contributed by atoms with Crippen molar-refractivity contribution in [3.8, 4) is 5.75 Å². The van der Waals surface area contributed by atoms with Crippen LogP contribution < -0.4 is 10.1 Å². The van der Waals surface area contributed by atoms with Crippen molar-refractivity contribution in [2.24, 2.45) is 0 Å². The lowest BCUT2D eigenvalue weighted by Crippen LogP contribution is -2.31. The van der Waals surface area contributed by atoms with Crippen LogP contribution in [0.1, 0.15) is 34.2 Å². The SMILES string of the molecule is Cc1cc2c([nH]1)/C=C1\C(=O)Nc3ccc(cc31)O[C@H](C)COCCN(C)C2=O. The second-order valence-electron chi connectivity index (χ2n) is 7.23. The zero-order chi connectivity index (χ0) is 19.8. The Balaban J connectivity index is 1.83. The zero-order valence-corrected chi connectivity index (χ0v) is 16.2. The summed E-state index contributed by atoms with van der Waals surface area (Å²) in [4.78, 5) is 30.3. The molecular weight excluding hydrogens is 358 g/mol. The van der Waals surface area contributed by atoms with Crippen molar-refractivity contribution in [1.82, 2.24) is 9.88 Å². The number of ether oxygens (including phenoxy) is 2. The molecular formula is C21H23N3O4. The number of likely N-dealkylation sites (N-methyl/N-ethyl adjacent to an activating group) is 1. The summed E-state index contributed by atoms with van der Waals surface area (Å²) in [7, 11) is 1.74. The molecule has 2 aliphatic heterocycles. The minimum atomic E-state index is -0.202. The first-order valence-electron chi connectivity index (χ1n) is 9.29. The second kappa shape index (κ2) is 7.16. The second-order valence-corrected chi connectivity index (χ2v) is 7.23. The summed E-state index contributed by atoms with van der Waals surface area (Å²) in [5.41, 5.74) is 3.98. The molecule has 0 fully saturated rings. The van der Waals surface area contributed by atoms with E-state index in [0.717, 1.165) is 16.9 Å². The van der Waals surface area contributed by atoms with Crippen molar-refractivity contribution in [2.75, 3.05) is 32.1 Å². The number of aromatic nitrogens is 1. The van der Waals surface area contributed by atoms with Crippen LogP contribution in [-0.4, -0.2) is 54.6 Å². The van der Waals surface area contributed by atoms with Gasteiger partial charge in [0.15, 0.2) is 0 Å². The van der Waals surface area contributed by atoms with E-state index < -0.39 is 0 Å². The van der Waals surface area contributed by atoms with Crippen LogP contribution in [0.3, 0.4) is 0 Å². The Bertz CT molecular complexity index is 976. The lowest BCUT2D eigenvalue weighted by Gasteiger charge is -2.19. The van der Waals surface area contributed by atoms with Gasteiger partial charge in [-0.05, 0) is 44.2 Å². The average molecular weight is 381 g/mol. The summed E-state index contributed by atoms with van der Waals surface area (Å²) in [6.07, 6.45) is 1.58. The summed E-state index contributed by atoms with van der Waals surface area (Å²) in [6, 6.07) is 7.31. The van der Waals surface area contributed by atoms with Gasteiger partial charge in [0.2, 0.25) is 0 Å². The molecule has 0 radical (unpaired) electrons. The molecule has 2 bridgehead atoms. The fourth-order valence-electron chi connectivity index (χ4n) is 3.45. The van der Waals surface area contributed by atoms with Crippen LogP contribution in [0.25, 0.3) is 11.6 Å². The van der Waals surface area contributed by atoms with Gasteiger partial charge in [0.05, 0.1) is 30.0 Å². The van der Waals surface area contributed by atoms with E-state index in [1.165, 1.54) is 0 Å². The summed E-state index contributed by atoms with van der Waals surface area (Å²) in [5.74, 6) is 0.349. The summed E-state index contributed by atoms with van der Waals surface area (Å²) >= 11 is 0. The zero-order valence-electron chi connectivity index (χ0n) is 16.2. The maximum absolute atomic E-state index is 12.9. The average Bonchev–Trinajstić information content (AvgIpc) is 3.17. The van der Waals surface area contributed by atoms with Crippen LogP contribution in [-0.2, 0) is 9.53 Å². The summed E-state index contributed by atoms with van der Waals surface area (Å²) in [6.45, 7) is 5.10. The molecule has 7 heteroatoms. The van der Waals surface area contributed by atoms with E-state index in [0.29, 0.717) is 42.3 Å². The van der Waals surface area contributed by atoms with E-state index in [9.17, 15) is 9.59 Å². The molecule has 2 N–H and O–H groups in total. The predicted molar refractivity (Wildman–Crippen MR) is 106 cm³/mol. The molecule has 146 valence electrons. The summed E-state index contributed by atoms with van der Waals surface area (Å²) < 4.78 is 11.6. The molecule has 0 unspecified atom stereocenters. The van der Waals surface area contributed by atoms with Crippen LogP contribution in [0.15, 0.2) is 24.3 Å². The van der Waals surface area contributed by atoms with Crippen molar-refractivity contribution >= 4 is 29.2 Å². The molecule has 2 amide bonds. The van der Waals surface area contributed by atoms with Gasteiger partial charge in [-0.15, -0.1) is 0 Å². The fourth-order valence-corrected chi connectivity index (χ4v) is 3.45. The molecule has 0 saturated heterocycles. The van der Waals surface area contributed by atoms with Crippen LogP contribution in [0.5, 0.6) is 5.75 Å². The lowest BCUT2D eigenvalue weighted by atomic mass is 10.0. The fraction of sp³-hybridized carbons (Fsp3) is 0.333. The molecule has 1 atom stereocenters. The number of anilines is 1. The van der Waals surface area contributed by atoms with E-state index in [2.05, 4.69) is 10.3 Å². The van der Waals surface area contributed by atoms with Gasteiger partial charge in [-0.2, -0.15) is 0 Å². The number of aromatic amines is 1. The standard InChI is InChI=1S/C21H23N3O4/c1-12-8-17-19(22-12)10-16-15-9-14(4-5-18(15)23-20(16)25)28-13(2)11-27-7-6-24(3)21(17)26/h4-5,8-10,13,22H,6-7,11H2,1-3H3,(H,23,25)/b16-10-/t13-/m1/s1. The number of amides is 2. The van der Waals surface area contributed by atoms with E-state index in [4.69, 9.17) is 9.47 Å². The Labute approximate surface area is 163 Å². The Hall–Kier alpha value is -3.06. The number of hydrogen-bond acceptors (Lipinski definition) is 4. The Morgan fingerprint density at radius 3 is 2.82 bits per heavy atom. The Morgan fingerprint density at radius 1 is 1.18 bits per heavy atom. The number of benzene rings is 1. The number of fused-ring (bicyclic) bond motifs is 2. The van der Waals surface area contributed by atoms with Crippen molar-refractivity contribution in [3.63, 3.8) is 0 Å². The van der Waals surface area contributed by atoms with Gasteiger partial charge in [0, 0.05) is 30.5 Å². The molecule has 3 heterocycles. The molecule has 4 rings (SSSR count). The highest BCUT2D eigenvalue weighted by atomic mass is 16.5. The minimum absolute atomic E-state index is 0.119. The quantitative estimate of drug-likeness (QED) is 0.735. The molecule has 7 nitrogen and oxygen atoms in total. The maximum Gasteiger partial charge on any atom is 0.256 e. The topological polar surface area (TPSA) is 83.7 Å². The molecule has 1 aromatic heterocycles. The largest absolute Gasteiger partial charge is 0.488 e. The molecule has 0 spiro atoms. The third kappa shape index (κ3) is 3.41. The highest BCUT2D eigenvalue weighted by molar-refractivity contribution is 6.35. The maximum atomic E-state index is 12.9. The summed E-state index contributed by atoms with van der Waals surface area (Å²) in [5, 5.41) is 2.87. The van der Waals surface area contributed by atoms with Gasteiger partial charge in [0.25, 0.3) is 11.8 Å². The molecule has 1 aromatic carbocycles. The number of carbonyl (C=O) groups is 2. The first-order valence-corrected chi connectivity index (χ1v) is 9.29. The molecule has 0 aliphatic carbocycles. The Kier molecular flexibility index (Phi) is 4.68. The number of rotatable bonds is 0. The van der Waals surface area contributed by atoms with Crippen LogP contribution in [0.2, 0.25) is 0 Å². The van der Waals surface area contributed by atoms with Crippen LogP contribution in [0.4, 0.5) is 5.69 Å². The smallest absolute Gasteiger partial charge is 0.256 e. The molecule has 0 saturated carbocycles. The van der Waals surface area contributed by atoms with Gasteiger partial charge in [-0.1, -0.05) is 0 Å². The number of nitrogens with zero attached hydrogens (tertiary/aromatic N) is 1. The van der Waals surface area contributed by atoms with Gasteiger partial charge in [-0.25, -0.2) is 0 Å². The normalized spacial score (nSPS) is 21.8. The predicted octanol–water partition coefficient (Wildman–Crippen LogP) is 2.69. The number of carbonyl (C=O) groups excluding carboxylic acids is 2. The monoisotopic (exact) mass is 381 g/mol. The lowest BCUT2D eigenvalue weighted by molar-refractivity contribution is -0.110. The molecule has 2 aliphatic rings. The first kappa shape index (κ1) is 18.3. The Morgan fingerprint density at radius 2 is 2.00 bits per heavy atom. The molecule has 2 aromatic rings. The third-order valence-corrected chi connectivity index (χ3v) is 4.88. The molecule has 28 heavy (non-hydrogen) atoms. The minimum Gasteiger partial charge on any atom is -0.488 e. The number of aryl methyl sites for hydroxylation is 1. The van der Waals surface area contributed by atoms with Crippen molar-refractivity contribution < 1.29 is 19.1 Å². The van der Waals surface area contributed by atoms with Gasteiger partial charge >= 0.3 is 0 Å². The van der Waals surface area contributed by atoms with Gasteiger partial charge < -0.3 is 24.7 Å². The van der Waals surface area contributed by atoms with Crippen LogP contribution in [0, 0.1) is 6.92 Å². The van der Waals surface area contributed by atoms with E-state index in [1.54, 1.807) is 24.1 Å². The van der Waals surface area contributed by atoms with Crippen molar-refractivity contribution in [1.29, 1.82) is 0 Å². The highest BCUT2D eigenvalue weighted by Gasteiger charge is 2.27. The number of H-pyrrole nitrogens is 1. The highest BCUT2D eigenvalue weighted by Crippen LogP contribution is 2.36. The van der Waals surface area contributed by atoms with E-state index >= 15 is 0 Å². The van der Waals surface area contributed by atoms with Gasteiger partial charge in [-0.3, -0.25) is 9.59 Å². The van der Waals surface area contributed by atoms with Crippen molar-refractivity contribution in [2.45, 2.75) is 20.0 Å². The van der Waals surface area contributed by atoms with Crippen LogP contribution >= 0.6 is 0 Å². The third-order valence-electron chi connectivity index (χ3n) is 4.88. The number of hydrogen-bond donors (Lipinski definition) is 2. The first-order chi connectivity index (χ1) is 13.4. The van der Waals surface area contributed by atoms with Crippen molar-refractivity contribution in [3.05, 3.63) is 46.8 Å². The van der Waals surface area contributed by atoms with E-state index in [-0.39, 0.29) is 17.9 Å². The van der Waals surface area contributed by atoms with Gasteiger partial charge in [0.1, 0.15) is 11.9 Å². The number of nitrogens with one attached hydrogen (secondary N) is 2. The van der Waals surface area contributed by atoms with E-state index in [1.807, 2.05) is 32.0 Å².